The number of anilines is 2. The third-order valence-electron chi connectivity index (χ3n) is 5.55. The Morgan fingerprint density at radius 2 is 1.56 bits per heavy atom. The van der Waals surface area contributed by atoms with E-state index in [0.717, 1.165) is 22.4 Å². The maximum atomic E-state index is 12.9. The van der Waals surface area contributed by atoms with Gasteiger partial charge in [0.15, 0.2) is 5.13 Å². The molecule has 0 aliphatic heterocycles. The van der Waals surface area contributed by atoms with Crippen molar-refractivity contribution in [1.82, 2.24) is 4.98 Å². The molecule has 0 radical (unpaired) electrons. The van der Waals surface area contributed by atoms with Gasteiger partial charge in [-0.2, -0.15) is 0 Å². The Labute approximate surface area is 204 Å². The molecule has 174 valence electrons. The Hall–Kier alpha value is -3.49. The third-order valence-corrected chi connectivity index (χ3v) is 8.11. The van der Waals surface area contributed by atoms with E-state index in [1.807, 2.05) is 11.4 Å². The van der Waals surface area contributed by atoms with Gasteiger partial charge in [-0.25, -0.2) is 13.4 Å². The lowest BCUT2D eigenvalue weighted by Gasteiger charge is -2.19. The number of hydrogen-bond acceptors (Lipinski definition) is 5. The van der Waals surface area contributed by atoms with Crippen LogP contribution in [0.1, 0.15) is 27.0 Å². The fourth-order valence-corrected chi connectivity index (χ4v) is 5.80. The van der Waals surface area contributed by atoms with Crippen molar-refractivity contribution in [2.24, 2.45) is 0 Å². The van der Waals surface area contributed by atoms with Crippen LogP contribution < -0.4 is 9.62 Å². The monoisotopic (exact) mass is 491 g/mol. The van der Waals surface area contributed by atoms with Crippen LogP contribution in [0.4, 0.5) is 10.8 Å². The van der Waals surface area contributed by atoms with Crippen molar-refractivity contribution in [2.45, 2.75) is 25.7 Å². The normalized spacial score (nSPS) is 11.3. The lowest BCUT2D eigenvalue weighted by molar-refractivity contribution is 0.102. The molecule has 6 nitrogen and oxygen atoms in total. The number of thiazole rings is 1. The van der Waals surface area contributed by atoms with Crippen LogP contribution in [0.3, 0.4) is 0 Å². The number of aryl methyl sites for hydroxylation is 3. The van der Waals surface area contributed by atoms with Gasteiger partial charge in [-0.05, 0) is 68.3 Å². The van der Waals surface area contributed by atoms with E-state index in [1.54, 1.807) is 24.3 Å². The summed E-state index contributed by atoms with van der Waals surface area (Å²) in [6.45, 7) is 6.17. The van der Waals surface area contributed by atoms with Gasteiger partial charge < -0.3 is 0 Å². The Balaban J connectivity index is 1.50. The summed E-state index contributed by atoms with van der Waals surface area (Å²) >= 11 is 1.35. The highest BCUT2D eigenvalue weighted by atomic mass is 32.2. The van der Waals surface area contributed by atoms with E-state index in [4.69, 9.17) is 0 Å². The molecule has 0 atom stereocenters. The van der Waals surface area contributed by atoms with Crippen LogP contribution in [0.5, 0.6) is 0 Å². The second-order valence-corrected chi connectivity index (χ2v) is 10.9. The Morgan fingerprint density at radius 1 is 0.941 bits per heavy atom. The quantitative estimate of drug-likeness (QED) is 0.369. The summed E-state index contributed by atoms with van der Waals surface area (Å²) in [7, 11) is -2.24. The van der Waals surface area contributed by atoms with Gasteiger partial charge in [0.2, 0.25) is 0 Å². The van der Waals surface area contributed by atoms with Crippen molar-refractivity contribution in [1.29, 1.82) is 0 Å². The van der Waals surface area contributed by atoms with E-state index in [-0.39, 0.29) is 10.8 Å². The number of nitrogens with zero attached hydrogens (tertiary/aromatic N) is 2. The molecule has 8 heteroatoms. The van der Waals surface area contributed by atoms with Crippen LogP contribution >= 0.6 is 11.3 Å². The minimum Gasteiger partial charge on any atom is -0.298 e. The number of carbonyl (C=O) groups excluding carboxylic acids is 1. The molecular weight excluding hydrogens is 466 g/mol. The van der Waals surface area contributed by atoms with Gasteiger partial charge in [-0.1, -0.05) is 35.9 Å². The largest absolute Gasteiger partial charge is 0.298 e. The minimum atomic E-state index is -3.74. The molecule has 4 rings (SSSR count). The van der Waals surface area contributed by atoms with E-state index >= 15 is 0 Å². The zero-order valence-electron chi connectivity index (χ0n) is 19.4. The first-order valence-corrected chi connectivity index (χ1v) is 13.0. The first kappa shape index (κ1) is 23.7. The summed E-state index contributed by atoms with van der Waals surface area (Å²) in [6, 6.07) is 18.9. The van der Waals surface area contributed by atoms with Crippen molar-refractivity contribution in [3.05, 3.63) is 94.4 Å². The molecule has 3 aromatic carbocycles. The number of sulfonamides is 1. The number of carbonyl (C=O) groups is 1. The molecule has 0 saturated carbocycles. The van der Waals surface area contributed by atoms with Crippen molar-refractivity contribution < 1.29 is 13.2 Å². The van der Waals surface area contributed by atoms with E-state index < -0.39 is 10.0 Å². The van der Waals surface area contributed by atoms with Crippen LogP contribution in [0.15, 0.2) is 77.0 Å². The molecule has 1 heterocycles. The van der Waals surface area contributed by atoms with Crippen molar-refractivity contribution in [2.75, 3.05) is 16.7 Å². The number of para-hydroxylation sites is 1. The van der Waals surface area contributed by atoms with Crippen molar-refractivity contribution in [3.8, 4) is 11.3 Å². The van der Waals surface area contributed by atoms with Gasteiger partial charge in [0.25, 0.3) is 15.9 Å². The number of rotatable bonds is 6. The number of aromatic nitrogens is 1. The minimum absolute atomic E-state index is 0.109. The summed E-state index contributed by atoms with van der Waals surface area (Å²) in [5.41, 5.74) is 6.27. The molecule has 1 N–H and O–H groups in total. The summed E-state index contributed by atoms with van der Waals surface area (Å²) in [4.78, 5) is 17.5. The standard InChI is InChI=1S/C26H25N3O3S2/c1-17-14-18(2)24(19(3)15-17)23-16-33-26(27-23)28-25(30)20-10-12-22(13-11-20)34(31,32)29(4)21-8-6-5-7-9-21/h5-16H,1-4H3,(H,27,28,30). The molecule has 1 amide bonds. The summed E-state index contributed by atoms with van der Waals surface area (Å²) in [5, 5.41) is 5.23. The number of benzene rings is 3. The molecular formula is C26H25N3O3S2. The SMILES string of the molecule is Cc1cc(C)c(-c2csc(NC(=O)c3ccc(S(=O)(=O)N(C)c4ccccc4)cc3)n2)c(C)c1. The number of nitrogens with one attached hydrogen (secondary N) is 1. The highest BCUT2D eigenvalue weighted by Crippen LogP contribution is 2.31. The van der Waals surface area contributed by atoms with E-state index in [2.05, 4.69) is 43.2 Å². The van der Waals surface area contributed by atoms with Gasteiger partial charge in [0, 0.05) is 23.6 Å². The molecule has 0 fully saturated rings. The first-order valence-electron chi connectivity index (χ1n) is 10.7. The highest BCUT2D eigenvalue weighted by molar-refractivity contribution is 7.92. The highest BCUT2D eigenvalue weighted by Gasteiger charge is 2.22. The van der Waals surface area contributed by atoms with Crippen molar-refractivity contribution in [3.63, 3.8) is 0 Å². The van der Waals surface area contributed by atoms with Crippen LogP contribution in [0.2, 0.25) is 0 Å². The molecule has 0 saturated heterocycles. The number of amides is 1. The summed E-state index contributed by atoms with van der Waals surface area (Å²) in [5.74, 6) is -0.349. The van der Waals surface area contributed by atoms with Crippen LogP contribution in [0.25, 0.3) is 11.3 Å². The van der Waals surface area contributed by atoms with Gasteiger partial charge in [0.05, 0.1) is 16.3 Å². The maximum Gasteiger partial charge on any atom is 0.264 e. The molecule has 34 heavy (non-hydrogen) atoms. The van der Waals surface area contributed by atoms with E-state index in [9.17, 15) is 13.2 Å². The van der Waals surface area contributed by atoms with Gasteiger partial charge in [-0.15, -0.1) is 11.3 Å². The Bertz CT molecular complexity index is 1420. The predicted molar refractivity (Wildman–Crippen MR) is 138 cm³/mol. The summed E-state index contributed by atoms with van der Waals surface area (Å²) < 4.78 is 27.1. The topological polar surface area (TPSA) is 79.4 Å². The van der Waals surface area contributed by atoms with Gasteiger partial charge >= 0.3 is 0 Å². The predicted octanol–water partition coefficient (Wildman–Crippen LogP) is 5.81. The number of hydrogen-bond donors (Lipinski definition) is 1. The van der Waals surface area contributed by atoms with Gasteiger partial charge in [-0.3, -0.25) is 14.4 Å². The molecule has 0 aliphatic rings. The van der Waals surface area contributed by atoms with Crippen molar-refractivity contribution >= 4 is 38.1 Å². The molecule has 4 aromatic rings. The average Bonchev–Trinajstić information content (AvgIpc) is 3.26. The van der Waals surface area contributed by atoms with Crippen LogP contribution in [-0.2, 0) is 10.0 Å². The molecule has 0 spiro atoms. The lowest BCUT2D eigenvalue weighted by Crippen LogP contribution is -2.26. The van der Waals surface area contributed by atoms with Crippen LogP contribution in [-0.4, -0.2) is 26.4 Å². The maximum absolute atomic E-state index is 12.9. The second-order valence-electron chi connectivity index (χ2n) is 8.10. The first-order chi connectivity index (χ1) is 16.2. The molecule has 0 unspecified atom stereocenters. The fourth-order valence-electron chi connectivity index (χ4n) is 3.91. The molecule has 1 aromatic heterocycles. The van der Waals surface area contributed by atoms with Gasteiger partial charge in [0.1, 0.15) is 0 Å². The smallest absolute Gasteiger partial charge is 0.264 e. The zero-order chi connectivity index (χ0) is 24.5. The van der Waals surface area contributed by atoms with E-state index in [1.165, 1.54) is 52.5 Å². The Morgan fingerprint density at radius 3 is 2.18 bits per heavy atom. The Kier molecular flexibility index (Phi) is 6.54. The van der Waals surface area contributed by atoms with Crippen LogP contribution in [0, 0.1) is 20.8 Å². The lowest BCUT2D eigenvalue weighted by atomic mass is 9.98. The summed E-state index contributed by atoms with van der Waals surface area (Å²) in [6.07, 6.45) is 0. The van der Waals surface area contributed by atoms with E-state index in [0.29, 0.717) is 16.4 Å². The zero-order valence-corrected chi connectivity index (χ0v) is 21.0. The third kappa shape index (κ3) is 4.73. The average molecular weight is 492 g/mol. The fraction of sp³-hybridized carbons (Fsp3) is 0.154. The second kappa shape index (κ2) is 9.40. The molecule has 0 bridgehead atoms. The molecule has 0 aliphatic carbocycles.